The first-order chi connectivity index (χ1) is 14.2. The van der Waals surface area contributed by atoms with Gasteiger partial charge in [-0.2, -0.15) is 4.98 Å². The van der Waals surface area contributed by atoms with Crippen LogP contribution in [0.4, 0.5) is 5.82 Å². The van der Waals surface area contributed by atoms with Crippen molar-refractivity contribution < 1.29 is 4.52 Å². The molecule has 152 valence electrons. The molecule has 2 aromatic heterocycles. The van der Waals surface area contributed by atoms with E-state index in [-0.39, 0.29) is 0 Å². The molecule has 0 atom stereocenters. The standard InChI is InChI=1S/C22H26ClN5O/c1-2-7-20-25-22(29-26-20)18-9-5-11-24-21(18)28-13-6-12-27(14-15-28)16-17-8-3-4-10-19(17)23/h3-5,8-11H,2,6-7,12-16H2,1H3. The van der Waals surface area contributed by atoms with Crippen molar-refractivity contribution in [3.8, 4) is 11.5 Å². The van der Waals surface area contributed by atoms with Crippen LogP contribution in [0, 0.1) is 0 Å². The van der Waals surface area contributed by atoms with E-state index in [2.05, 4.69) is 37.9 Å². The molecule has 0 spiro atoms. The molecule has 0 bridgehead atoms. The monoisotopic (exact) mass is 411 g/mol. The first kappa shape index (κ1) is 19.9. The van der Waals surface area contributed by atoms with Crippen molar-refractivity contribution in [3.05, 3.63) is 59.0 Å². The van der Waals surface area contributed by atoms with Crippen LogP contribution in [0.25, 0.3) is 11.5 Å². The summed E-state index contributed by atoms with van der Waals surface area (Å²) in [7, 11) is 0. The van der Waals surface area contributed by atoms with E-state index in [4.69, 9.17) is 16.1 Å². The number of benzene rings is 1. The van der Waals surface area contributed by atoms with E-state index in [0.717, 1.165) is 74.2 Å². The Hall–Kier alpha value is -2.44. The average Bonchev–Trinajstić information content (AvgIpc) is 3.08. The molecule has 1 saturated heterocycles. The van der Waals surface area contributed by atoms with Crippen molar-refractivity contribution in [1.82, 2.24) is 20.0 Å². The van der Waals surface area contributed by atoms with E-state index in [1.54, 1.807) is 0 Å². The summed E-state index contributed by atoms with van der Waals surface area (Å²) in [6.07, 6.45) is 4.70. The lowest BCUT2D eigenvalue weighted by Gasteiger charge is -2.24. The number of aromatic nitrogens is 3. The summed E-state index contributed by atoms with van der Waals surface area (Å²) in [4.78, 5) is 14.0. The summed E-state index contributed by atoms with van der Waals surface area (Å²) in [5.41, 5.74) is 2.08. The second kappa shape index (κ2) is 9.37. The maximum Gasteiger partial charge on any atom is 0.261 e. The van der Waals surface area contributed by atoms with Gasteiger partial charge in [-0.1, -0.05) is 41.9 Å². The molecule has 1 aromatic carbocycles. The summed E-state index contributed by atoms with van der Waals surface area (Å²) < 4.78 is 5.53. The average molecular weight is 412 g/mol. The van der Waals surface area contributed by atoms with Crippen LogP contribution in [0.15, 0.2) is 47.1 Å². The van der Waals surface area contributed by atoms with Gasteiger partial charge in [0.15, 0.2) is 5.82 Å². The number of hydrogen-bond donors (Lipinski definition) is 0. The number of aryl methyl sites for hydroxylation is 1. The fourth-order valence-corrected chi connectivity index (χ4v) is 3.91. The van der Waals surface area contributed by atoms with Crippen molar-refractivity contribution >= 4 is 17.4 Å². The predicted molar refractivity (Wildman–Crippen MR) is 115 cm³/mol. The van der Waals surface area contributed by atoms with E-state index in [1.807, 2.05) is 36.5 Å². The third-order valence-electron chi connectivity index (χ3n) is 5.20. The summed E-state index contributed by atoms with van der Waals surface area (Å²) in [6.45, 7) is 6.80. The van der Waals surface area contributed by atoms with Gasteiger partial charge in [-0.15, -0.1) is 0 Å². The Labute approximate surface area is 176 Å². The lowest BCUT2D eigenvalue weighted by Crippen LogP contribution is -2.31. The third kappa shape index (κ3) is 4.77. The van der Waals surface area contributed by atoms with Gasteiger partial charge in [-0.05, 0) is 36.6 Å². The topological polar surface area (TPSA) is 58.3 Å². The quantitative estimate of drug-likeness (QED) is 0.597. The lowest BCUT2D eigenvalue weighted by atomic mass is 10.2. The second-order valence-corrected chi connectivity index (χ2v) is 7.76. The highest BCUT2D eigenvalue weighted by atomic mass is 35.5. The Bertz CT molecular complexity index is 944. The minimum Gasteiger partial charge on any atom is -0.355 e. The Balaban J connectivity index is 1.49. The highest BCUT2D eigenvalue weighted by molar-refractivity contribution is 6.31. The summed E-state index contributed by atoms with van der Waals surface area (Å²) >= 11 is 6.35. The summed E-state index contributed by atoms with van der Waals surface area (Å²) in [5, 5.41) is 4.93. The molecular weight excluding hydrogens is 386 g/mol. The van der Waals surface area contributed by atoms with Crippen LogP contribution in [0.2, 0.25) is 5.02 Å². The molecule has 0 saturated carbocycles. The van der Waals surface area contributed by atoms with Gasteiger partial charge in [-0.25, -0.2) is 4.98 Å². The van der Waals surface area contributed by atoms with E-state index < -0.39 is 0 Å². The molecule has 0 unspecified atom stereocenters. The van der Waals surface area contributed by atoms with Crippen LogP contribution >= 0.6 is 11.6 Å². The lowest BCUT2D eigenvalue weighted by molar-refractivity contribution is 0.285. The molecule has 1 aliphatic heterocycles. The van der Waals surface area contributed by atoms with Crippen molar-refractivity contribution in [2.45, 2.75) is 32.7 Å². The Morgan fingerprint density at radius 1 is 1.07 bits per heavy atom. The number of nitrogens with zero attached hydrogens (tertiary/aromatic N) is 5. The van der Waals surface area contributed by atoms with Gasteiger partial charge in [0.1, 0.15) is 5.82 Å². The van der Waals surface area contributed by atoms with Crippen LogP contribution in [0.1, 0.15) is 31.2 Å². The highest BCUT2D eigenvalue weighted by Gasteiger charge is 2.21. The molecule has 3 heterocycles. The number of anilines is 1. The van der Waals surface area contributed by atoms with Gasteiger partial charge < -0.3 is 9.42 Å². The zero-order valence-corrected chi connectivity index (χ0v) is 17.5. The molecule has 7 heteroatoms. The smallest absolute Gasteiger partial charge is 0.261 e. The van der Waals surface area contributed by atoms with E-state index >= 15 is 0 Å². The fraction of sp³-hybridized carbons (Fsp3) is 0.409. The van der Waals surface area contributed by atoms with Crippen molar-refractivity contribution in [1.29, 1.82) is 0 Å². The van der Waals surface area contributed by atoms with Crippen LogP contribution in [0.5, 0.6) is 0 Å². The molecule has 4 rings (SSSR count). The molecule has 0 radical (unpaired) electrons. The van der Waals surface area contributed by atoms with Gasteiger partial charge >= 0.3 is 0 Å². The van der Waals surface area contributed by atoms with Crippen molar-refractivity contribution in [3.63, 3.8) is 0 Å². The first-order valence-electron chi connectivity index (χ1n) is 10.2. The molecule has 0 N–H and O–H groups in total. The van der Waals surface area contributed by atoms with Crippen LogP contribution in [0.3, 0.4) is 0 Å². The minimum atomic E-state index is 0.550. The number of halogens is 1. The first-order valence-corrected chi connectivity index (χ1v) is 10.6. The number of hydrogen-bond acceptors (Lipinski definition) is 6. The van der Waals surface area contributed by atoms with Gasteiger partial charge in [0.25, 0.3) is 5.89 Å². The number of pyridine rings is 1. The van der Waals surface area contributed by atoms with E-state index in [1.165, 1.54) is 5.56 Å². The van der Waals surface area contributed by atoms with Crippen LogP contribution in [-0.4, -0.2) is 46.2 Å². The molecule has 1 fully saturated rings. The molecular formula is C22H26ClN5O. The number of rotatable bonds is 6. The summed E-state index contributed by atoms with van der Waals surface area (Å²) in [5.74, 6) is 2.21. The fourth-order valence-electron chi connectivity index (χ4n) is 3.71. The SMILES string of the molecule is CCCc1noc(-c2cccnc2N2CCCN(Cc3ccccc3Cl)CC2)n1. The van der Waals surface area contributed by atoms with Gasteiger partial charge in [0, 0.05) is 50.4 Å². The van der Waals surface area contributed by atoms with Gasteiger partial charge in [0.2, 0.25) is 0 Å². The largest absolute Gasteiger partial charge is 0.355 e. The third-order valence-corrected chi connectivity index (χ3v) is 5.57. The Morgan fingerprint density at radius 2 is 1.97 bits per heavy atom. The van der Waals surface area contributed by atoms with Crippen molar-refractivity contribution in [2.24, 2.45) is 0 Å². The minimum absolute atomic E-state index is 0.550. The van der Waals surface area contributed by atoms with E-state index in [0.29, 0.717) is 5.89 Å². The normalized spacial score (nSPS) is 15.4. The second-order valence-electron chi connectivity index (χ2n) is 7.35. The highest BCUT2D eigenvalue weighted by Crippen LogP contribution is 2.28. The molecule has 0 aliphatic carbocycles. The Morgan fingerprint density at radius 3 is 2.83 bits per heavy atom. The molecule has 3 aromatic rings. The molecule has 1 aliphatic rings. The summed E-state index contributed by atoms with van der Waals surface area (Å²) in [6, 6.07) is 12.0. The molecule has 6 nitrogen and oxygen atoms in total. The predicted octanol–water partition coefficient (Wildman–Crippen LogP) is 4.45. The zero-order chi connectivity index (χ0) is 20.1. The van der Waals surface area contributed by atoms with Gasteiger partial charge in [-0.3, -0.25) is 4.90 Å². The maximum absolute atomic E-state index is 6.35. The molecule has 0 amide bonds. The van der Waals surface area contributed by atoms with Crippen LogP contribution < -0.4 is 4.90 Å². The van der Waals surface area contributed by atoms with Crippen LogP contribution in [-0.2, 0) is 13.0 Å². The van der Waals surface area contributed by atoms with Crippen molar-refractivity contribution in [2.75, 3.05) is 31.1 Å². The molecule has 29 heavy (non-hydrogen) atoms. The van der Waals surface area contributed by atoms with Gasteiger partial charge in [0.05, 0.1) is 5.56 Å². The zero-order valence-electron chi connectivity index (χ0n) is 16.7. The van der Waals surface area contributed by atoms with E-state index in [9.17, 15) is 0 Å². The Kier molecular flexibility index (Phi) is 6.42. The maximum atomic E-state index is 6.35.